The van der Waals surface area contributed by atoms with Crippen LogP contribution in [-0.4, -0.2) is 28.6 Å². The topological polar surface area (TPSA) is 66.8 Å². The Bertz CT molecular complexity index is 661. The van der Waals surface area contributed by atoms with E-state index in [1.54, 1.807) is 30.3 Å². The average molecular weight is 297 g/mol. The summed E-state index contributed by atoms with van der Waals surface area (Å²) in [5.41, 5.74) is 1.51. The zero-order valence-corrected chi connectivity index (χ0v) is 11.8. The summed E-state index contributed by atoms with van der Waals surface area (Å²) in [6.45, 7) is 0. The van der Waals surface area contributed by atoms with Crippen molar-refractivity contribution in [1.82, 2.24) is 4.90 Å². The van der Waals surface area contributed by atoms with Gasteiger partial charge in [-0.3, -0.25) is 9.69 Å². The summed E-state index contributed by atoms with van der Waals surface area (Å²) in [4.78, 5) is 24.4. The number of fused-ring (bicyclic) bond motifs is 1. The van der Waals surface area contributed by atoms with Crippen molar-refractivity contribution in [2.75, 3.05) is 0 Å². The number of hydrogen-bond donors (Lipinski definition) is 1. The molecule has 22 heavy (non-hydrogen) atoms. The number of carbonyl (C=O) groups excluding carboxylic acids is 1. The van der Waals surface area contributed by atoms with Gasteiger partial charge in [0.05, 0.1) is 0 Å². The fraction of sp³-hybridized carbons (Fsp3) is 0.176. The highest BCUT2D eigenvalue weighted by molar-refractivity contribution is 5.78. The number of carboxylic acid groups (broad SMARTS) is 1. The summed E-state index contributed by atoms with van der Waals surface area (Å²) >= 11 is 0. The third-order valence-corrected chi connectivity index (χ3v) is 3.73. The predicted octanol–water partition coefficient (Wildman–Crippen LogP) is 2.23. The lowest BCUT2D eigenvalue weighted by Crippen LogP contribution is -2.43. The Morgan fingerprint density at radius 1 is 1.18 bits per heavy atom. The van der Waals surface area contributed by atoms with E-state index in [2.05, 4.69) is 0 Å². The summed E-state index contributed by atoms with van der Waals surface area (Å²) in [5.74, 6) is -0.394. The van der Waals surface area contributed by atoms with E-state index in [9.17, 15) is 14.7 Å². The first kappa shape index (κ1) is 14.1. The maximum atomic E-state index is 11.7. The molecule has 2 unspecified atom stereocenters. The van der Waals surface area contributed by atoms with Gasteiger partial charge in [0.2, 0.25) is 6.41 Å². The van der Waals surface area contributed by atoms with Crippen molar-refractivity contribution in [3.05, 3.63) is 65.7 Å². The Morgan fingerprint density at radius 3 is 2.50 bits per heavy atom. The molecule has 0 saturated heterocycles. The van der Waals surface area contributed by atoms with Crippen molar-refractivity contribution in [1.29, 1.82) is 0 Å². The molecule has 0 fully saturated rings. The molecule has 2 aromatic carbocycles. The van der Waals surface area contributed by atoms with Crippen LogP contribution in [0.15, 0.2) is 54.6 Å². The van der Waals surface area contributed by atoms with E-state index in [-0.39, 0.29) is 0 Å². The molecule has 0 radical (unpaired) electrons. The van der Waals surface area contributed by atoms with Crippen molar-refractivity contribution >= 4 is 12.4 Å². The monoisotopic (exact) mass is 297 g/mol. The van der Waals surface area contributed by atoms with Crippen LogP contribution >= 0.6 is 0 Å². The van der Waals surface area contributed by atoms with E-state index in [4.69, 9.17) is 4.74 Å². The molecule has 1 amide bonds. The molecule has 0 aromatic heterocycles. The SMILES string of the molecule is O=CN(C1Cc2ccccc2O1)C(C(=O)O)c1ccccc1. The van der Waals surface area contributed by atoms with E-state index in [1.807, 2.05) is 24.3 Å². The number of carboxylic acids is 1. The van der Waals surface area contributed by atoms with Crippen molar-refractivity contribution < 1.29 is 19.4 Å². The van der Waals surface area contributed by atoms with Gasteiger partial charge < -0.3 is 9.84 Å². The van der Waals surface area contributed by atoms with Gasteiger partial charge in [-0.15, -0.1) is 0 Å². The number of carbonyl (C=O) groups is 2. The first-order chi connectivity index (χ1) is 10.7. The van der Waals surface area contributed by atoms with Crippen LogP contribution in [0.2, 0.25) is 0 Å². The van der Waals surface area contributed by atoms with Gasteiger partial charge >= 0.3 is 5.97 Å². The lowest BCUT2D eigenvalue weighted by molar-refractivity contribution is -0.152. The van der Waals surface area contributed by atoms with Crippen molar-refractivity contribution in [3.63, 3.8) is 0 Å². The quantitative estimate of drug-likeness (QED) is 0.859. The molecule has 5 heteroatoms. The molecule has 1 heterocycles. The maximum absolute atomic E-state index is 11.7. The number of aliphatic carboxylic acids is 1. The first-order valence-corrected chi connectivity index (χ1v) is 6.96. The minimum atomic E-state index is -1.09. The zero-order valence-electron chi connectivity index (χ0n) is 11.8. The number of benzene rings is 2. The number of amides is 1. The molecular formula is C17H15NO4. The normalized spacial score (nSPS) is 17.2. The molecule has 0 saturated carbocycles. The van der Waals surface area contributed by atoms with Gasteiger partial charge in [0, 0.05) is 6.42 Å². The van der Waals surface area contributed by atoms with E-state index in [0.29, 0.717) is 24.1 Å². The van der Waals surface area contributed by atoms with Crippen LogP contribution in [0.1, 0.15) is 17.2 Å². The second kappa shape index (κ2) is 5.89. The molecule has 0 spiro atoms. The molecule has 0 bridgehead atoms. The standard InChI is InChI=1S/C17H15NO4/c19-11-18(15-10-13-8-4-5-9-14(13)22-15)16(17(20)21)12-6-2-1-3-7-12/h1-9,11,15-16H,10H2,(H,20,21). The Hall–Kier alpha value is -2.82. The Balaban J connectivity index is 1.90. The highest BCUT2D eigenvalue weighted by atomic mass is 16.5. The number of ether oxygens (including phenoxy) is 1. The summed E-state index contributed by atoms with van der Waals surface area (Å²) in [5, 5.41) is 9.55. The van der Waals surface area contributed by atoms with Crippen molar-refractivity contribution in [3.8, 4) is 5.75 Å². The van der Waals surface area contributed by atoms with Gasteiger partial charge in [-0.2, -0.15) is 0 Å². The molecule has 112 valence electrons. The summed E-state index contributed by atoms with van der Waals surface area (Å²) in [6, 6.07) is 15.1. The summed E-state index contributed by atoms with van der Waals surface area (Å²) in [6.07, 6.45) is 0.407. The fourth-order valence-electron chi connectivity index (χ4n) is 2.70. The summed E-state index contributed by atoms with van der Waals surface area (Å²) in [7, 11) is 0. The minimum Gasteiger partial charge on any atom is -0.479 e. The van der Waals surface area contributed by atoms with Gasteiger partial charge in [0.1, 0.15) is 5.75 Å². The van der Waals surface area contributed by atoms with E-state index >= 15 is 0 Å². The van der Waals surface area contributed by atoms with Crippen molar-refractivity contribution in [2.45, 2.75) is 18.7 Å². The Kier molecular flexibility index (Phi) is 3.78. The Labute approximate surface area is 127 Å². The third-order valence-electron chi connectivity index (χ3n) is 3.73. The molecule has 2 aromatic rings. The van der Waals surface area contributed by atoms with Gasteiger partial charge in [-0.25, -0.2) is 4.79 Å². The highest BCUT2D eigenvalue weighted by Crippen LogP contribution is 2.32. The largest absolute Gasteiger partial charge is 0.479 e. The van der Waals surface area contributed by atoms with E-state index in [0.717, 1.165) is 5.56 Å². The highest BCUT2D eigenvalue weighted by Gasteiger charge is 2.36. The molecule has 0 aliphatic carbocycles. The molecule has 1 aliphatic rings. The second-order valence-electron chi connectivity index (χ2n) is 5.09. The van der Waals surface area contributed by atoms with Gasteiger partial charge in [-0.05, 0) is 17.2 Å². The Morgan fingerprint density at radius 2 is 1.86 bits per heavy atom. The van der Waals surface area contributed by atoms with Crippen LogP contribution in [0.5, 0.6) is 5.75 Å². The summed E-state index contributed by atoms with van der Waals surface area (Å²) < 4.78 is 5.74. The molecule has 3 rings (SSSR count). The van der Waals surface area contributed by atoms with Crippen LogP contribution < -0.4 is 4.74 Å². The van der Waals surface area contributed by atoms with Gasteiger partial charge in [0.25, 0.3) is 0 Å². The van der Waals surface area contributed by atoms with Crippen LogP contribution in [0.4, 0.5) is 0 Å². The lowest BCUT2D eigenvalue weighted by Gasteiger charge is -2.30. The van der Waals surface area contributed by atoms with Crippen LogP contribution in [0.3, 0.4) is 0 Å². The lowest BCUT2D eigenvalue weighted by atomic mass is 10.0. The predicted molar refractivity (Wildman–Crippen MR) is 79.3 cm³/mol. The number of rotatable bonds is 5. The maximum Gasteiger partial charge on any atom is 0.331 e. The number of nitrogens with zero attached hydrogens (tertiary/aromatic N) is 1. The van der Waals surface area contributed by atoms with Crippen LogP contribution in [0.25, 0.3) is 0 Å². The minimum absolute atomic E-state index is 0.478. The molecule has 1 N–H and O–H groups in total. The van der Waals surface area contributed by atoms with Gasteiger partial charge in [0.15, 0.2) is 12.3 Å². The van der Waals surface area contributed by atoms with Crippen LogP contribution in [-0.2, 0) is 16.0 Å². The van der Waals surface area contributed by atoms with E-state index in [1.165, 1.54) is 4.90 Å². The molecule has 1 aliphatic heterocycles. The second-order valence-corrected chi connectivity index (χ2v) is 5.09. The molecular weight excluding hydrogens is 282 g/mol. The molecule has 5 nitrogen and oxygen atoms in total. The number of para-hydroxylation sites is 1. The third kappa shape index (κ3) is 2.53. The number of hydrogen-bond acceptors (Lipinski definition) is 3. The average Bonchev–Trinajstić information content (AvgIpc) is 2.96. The zero-order chi connectivity index (χ0) is 15.5. The smallest absolute Gasteiger partial charge is 0.331 e. The van der Waals surface area contributed by atoms with Crippen LogP contribution in [0, 0.1) is 0 Å². The fourth-order valence-corrected chi connectivity index (χ4v) is 2.70. The van der Waals surface area contributed by atoms with Gasteiger partial charge in [-0.1, -0.05) is 48.5 Å². The molecule has 2 atom stereocenters. The van der Waals surface area contributed by atoms with Crippen molar-refractivity contribution in [2.24, 2.45) is 0 Å². The first-order valence-electron chi connectivity index (χ1n) is 6.96. The van der Waals surface area contributed by atoms with E-state index < -0.39 is 18.2 Å².